The van der Waals surface area contributed by atoms with Gasteiger partial charge in [-0.3, -0.25) is 14.4 Å². The summed E-state index contributed by atoms with van der Waals surface area (Å²) in [7, 11) is 1.11. The number of ether oxygens (including phenoxy) is 3. The second kappa shape index (κ2) is 10.00. The first-order valence-corrected chi connectivity index (χ1v) is 8.79. The minimum atomic E-state index is -0.993. The maximum atomic E-state index is 12.1. The third kappa shape index (κ3) is 6.90. The number of hydrogen-bond acceptors (Lipinski definition) is 9. The van der Waals surface area contributed by atoms with Crippen molar-refractivity contribution in [2.45, 2.75) is 26.4 Å². The first-order valence-electron chi connectivity index (χ1n) is 7.80. The van der Waals surface area contributed by atoms with E-state index < -0.39 is 34.7 Å². The summed E-state index contributed by atoms with van der Waals surface area (Å²) in [6, 6.07) is 0. The highest BCUT2D eigenvalue weighted by Gasteiger charge is 2.43. The largest absolute Gasteiger partial charge is 0.509 e. The van der Waals surface area contributed by atoms with Crippen molar-refractivity contribution in [1.29, 1.82) is 0 Å². The van der Waals surface area contributed by atoms with Crippen LogP contribution in [0.2, 0.25) is 0 Å². The lowest BCUT2D eigenvalue weighted by molar-refractivity contribution is -0.149. The van der Waals surface area contributed by atoms with Gasteiger partial charge < -0.3 is 24.8 Å². The van der Waals surface area contributed by atoms with Gasteiger partial charge in [0.15, 0.2) is 6.10 Å². The van der Waals surface area contributed by atoms with Crippen molar-refractivity contribution in [2.75, 3.05) is 32.6 Å². The van der Waals surface area contributed by atoms with E-state index in [1.165, 1.54) is 0 Å². The molecule has 11 heteroatoms. The summed E-state index contributed by atoms with van der Waals surface area (Å²) >= 11 is 0.740. The number of rotatable bonds is 7. The molecule has 0 aliphatic carbocycles. The van der Waals surface area contributed by atoms with Crippen molar-refractivity contribution >= 4 is 40.8 Å². The maximum absolute atomic E-state index is 12.1. The highest BCUT2D eigenvalue weighted by Crippen LogP contribution is 2.28. The average molecular weight is 390 g/mol. The molecule has 1 heterocycles. The Balaban J connectivity index is 2.23. The van der Waals surface area contributed by atoms with Gasteiger partial charge in [0, 0.05) is 30.7 Å². The smallest absolute Gasteiger partial charge is 0.463 e. The first-order chi connectivity index (χ1) is 12.2. The van der Waals surface area contributed by atoms with Gasteiger partial charge in [0.2, 0.25) is 5.91 Å². The molecule has 0 spiro atoms. The van der Waals surface area contributed by atoms with Crippen LogP contribution in [0.25, 0.3) is 0 Å². The van der Waals surface area contributed by atoms with Gasteiger partial charge in [-0.2, -0.15) is 0 Å². The summed E-state index contributed by atoms with van der Waals surface area (Å²) in [6.45, 7) is 3.76. The molecule has 1 fully saturated rings. The van der Waals surface area contributed by atoms with Crippen LogP contribution in [0.3, 0.4) is 0 Å². The molecular weight excluding hydrogens is 368 g/mol. The van der Waals surface area contributed by atoms with E-state index >= 15 is 0 Å². The van der Waals surface area contributed by atoms with Crippen LogP contribution in [0, 0.1) is 5.41 Å². The summed E-state index contributed by atoms with van der Waals surface area (Å²) < 4.78 is 13.9. The number of esters is 1. The lowest BCUT2D eigenvalue weighted by Gasteiger charge is -2.35. The van der Waals surface area contributed by atoms with E-state index in [0.717, 1.165) is 18.9 Å². The zero-order valence-electron chi connectivity index (χ0n) is 14.8. The van der Waals surface area contributed by atoms with Gasteiger partial charge in [-0.1, -0.05) is 25.6 Å². The molecule has 10 nitrogen and oxygen atoms in total. The summed E-state index contributed by atoms with van der Waals surface area (Å²) in [5.41, 5.74) is -0.677. The van der Waals surface area contributed by atoms with Crippen LogP contribution < -0.4 is 10.6 Å². The van der Waals surface area contributed by atoms with Gasteiger partial charge in [0.1, 0.15) is 6.61 Å². The number of carbonyl (C=O) groups excluding carboxylic acids is 5. The van der Waals surface area contributed by atoms with Gasteiger partial charge in [-0.25, -0.2) is 9.59 Å². The van der Waals surface area contributed by atoms with Crippen molar-refractivity contribution in [3.05, 3.63) is 0 Å². The van der Waals surface area contributed by atoms with Gasteiger partial charge in [-0.05, 0) is 0 Å². The summed E-state index contributed by atoms with van der Waals surface area (Å²) in [5.74, 6) is -1.56. The Morgan fingerprint density at radius 2 is 1.92 bits per heavy atom. The van der Waals surface area contributed by atoms with Crippen molar-refractivity contribution < 1.29 is 38.2 Å². The van der Waals surface area contributed by atoms with E-state index in [9.17, 15) is 24.0 Å². The fraction of sp³-hybridized carbons (Fsp3) is 0.667. The lowest BCUT2D eigenvalue weighted by atomic mass is 9.86. The molecule has 2 amide bonds. The van der Waals surface area contributed by atoms with E-state index in [2.05, 4.69) is 15.4 Å². The standard InChI is InChI=1S/C15H22N2O8S/c1-15(2)8-24-14(22)25-10(15)11(19)17-5-4-9(18)16-6-7-26-13(21)12(20)23-3/h10H,4-8H2,1-3H3,(H,16,18)(H,17,19)/t10-/m0/s1. The van der Waals surface area contributed by atoms with E-state index in [1.807, 2.05) is 0 Å². The normalized spacial score (nSPS) is 18.1. The quantitative estimate of drug-likeness (QED) is 0.338. The van der Waals surface area contributed by atoms with E-state index in [4.69, 9.17) is 9.47 Å². The fourth-order valence-corrected chi connectivity index (χ4v) is 2.57. The Labute approximate surface area is 154 Å². The molecule has 0 bridgehead atoms. The van der Waals surface area contributed by atoms with Gasteiger partial charge in [0.25, 0.3) is 11.0 Å². The van der Waals surface area contributed by atoms with Gasteiger partial charge in [-0.15, -0.1) is 0 Å². The maximum Gasteiger partial charge on any atom is 0.509 e. The molecule has 1 aliphatic rings. The molecule has 1 rings (SSSR count). The highest BCUT2D eigenvalue weighted by atomic mass is 32.2. The van der Waals surface area contributed by atoms with Crippen LogP contribution in [0.4, 0.5) is 4.79 Å². The molecule has 0 aromatic heterocycles. The van der Waals surface area contributed by atoms with Crippen molar-refractivity contribution in [3.8, 4) is 0 Å². The van der Waals surface area contributed by atoms with Crippen LogP contribution in [0.5, 0.6) is 0 Å². The lowest BCUT2D eigenvalue weighted by Crippen LogP contribution is -2.52. The average Bonchev–Trinajstić information content (AvgIpc) is 2.59. The van der Waals surface area contributed by atoms with E-state index in [1.54, 1.807) is 13.8 Å². The molecule has 1 aliphatic heterocycles. The van der Waals surface area contributed by atoms with Crippen LogP contribution in [-0.2, 0) is 33.4 Å². The molecule has 0 aromatic carbocycles. The number of cyclic esters (lactones) is 2. The summed E-state index contributed by atoms with van der Waals surface area (Å²) in [5, 5.41) is 4.35. The van der Waals surface area contributed by atoms with Gasteiger partial charge in [0.05, 0.1) is 7.11 Å². The third-order valence-electron chi connectivity index (χ3n) is 3.38. The molecule has 146 valence electrons. The number of amides is 2. The third-order valence-corrected chi connectivity index (χ3v) is 4.22. The highest BCUT2D eigenvalue weighted by molar-refractivity contribution is 8.15. The monoisotopic (exact) mass is 390 g/mol. The minimum Gasteiger partial charge on any atom is -0.463 e. The van der Waals surface area contributed by atoms with Gasteiger partial charge >= 0.3 is 12.1 Å². The fourth-order valence-electron chi connectivity index (χ4n) is 1.98. The number of hydrogen-bond donors (Lipinski definition) is 2. The molecule has 2 N–H and O–H groups in total. The minimum absolute atomic E-state index is 0.0128. The Bertz CT molecular complexity index is 578. The predicted molar refractivity (Wildman–Crippen MR) is 90.1 cm³/mol. The molecule has 1 atom stereocenters. The van der Waals surface area contributed by atoms with Crippen LogP contribution >= 0.6 is 11.8 Å². The molecule has 0 radical (unpaired) electrons. The molecule has 0 unspecified atom stereocenters. The molecule has 0 aromatic rings. The second-order valence-corrected chi connectivity index (χ2v) is 7.11. The zero-order valence-corrected chi connectivity index (χ0v) is 15.6. The van der Waals surface area contributed by atoms with E-state index in [-0.39, 0.29) is 37.8 Å². The molecule has 0 saturated carbocycles. The van der Waals surface area contributed by atoms with E-state index in [0.29, 0.717) is 0 Å². The SMILES string of the molecule is COC(=O)C(=O)SCCNC(=O)CCNC(=O)[C@@H]1OC(=O)OCC1(C)C. The van der Waals surface area contributed by atoms with Crippen molar-refractivity contribution in [3.63, 3.8) is 0 Å². The first kappa shape index (κ1) is 21.7. The Morgan fingerprint density at radius 1 is 1.23 bits per heavy atom. The Morgan fingerprint density at radius 3 is 2.58 bits per heavy atom. The van der Waals surface area contributed by atoms with Crippen LogP contribution in [-0.4, -0.2) is 67.7 Å². The number of nitrogens with one attached hydrogen (secondary N) is 2. The summed E-state index contributed by atoms with van der Waals surface area (Å²) in [6.07, 6.45) is -1.88. The number of thioether (sulfide) groups is 1. The number of methoxy groups -OCH3 is 1. The molecule has 1 saturated heterocycles. The predicted octanol–water partition coefficient (Wildman–Crippen LogP) is -0.397. The zero-order chi connectivity index (χ0) is 19.7. The second-order valence-electron chi connectivity index (χ2n) is 6.04. The molecule has 26 heavy (non-hydrogen) atoms. The Hall–Kier alpha value is -2.30. The number of carbonyl (C=O) groups is 5. The van der Waals surface area contributed by atoms with Crippen molar-refractivity contribution in [2.24, 2.45) is 5.41 Å². The van der Waals surface area contributed by atoms with Crippen molar-refractivity contribution in [1.82, 2.24) is 10.6 Å². The topological polar surface area (TPSA) is 137 Å². The van der Waals surface area contributed by atoms with Crippen LogP contribution in [0.1, 0.15) is 20.3 Å². The Kier molecular flexibility index (Phi) is 8.36. The summed E-state index contributed by atoms with van der Waals surface area (Å²) in [4.78, 5) is 57.0. The molecular formula is C15H22N2O8S. The van der Waals surface area contributed by atoms with Crippen LogP contribution in [0.15, 0.2) is 0 Å².